The van der Waals surface area contributed by atoms with Crippen LogP contribution in [-0.4, -0.2) is 11.8 Å². The highest BCUT2D eigenvalue weighted by molar-refractivity contribution is 5.92. The number of aromatic hydroxyl groups is 1. The molecule has 0 aromatic heterocycles. The Labute approximate surface area is 134 Å². The Balaban J connectivity index is 1.74. The van der Waals surface area contributed by atoms with E-state index in [9.17, 15) is 5.11 Å². The molecule has 0 heterocycles. The summed E-state index contributed by atoms with van der Waals surface area (Å²) in [5, 5.41) is 28.0. The zero-order valence-corrected chi connectivity index (χ0v) is 12.7. The van der Waals surface area contributed by atoms with Crippen LogP contribution in [0.4, 0.5) is 11.4 Å². The summed E-state index contributed by atoms with van der Waals surface area (Å²) >= 11 is 0. The molecule has 3 aromatic carbocycles. The Morgan fingerprint density at radius 1 is 0.870 bits per heavy atom. The van der Waals surface area contributed by atoms with E-state index >= 15 is 0 Å². The number of nitrogens with zero attached hydrogens (tertiary/aromatic N) is 4. The van der Waals surface area contributed by atoms with Crippen LogP contribution in [0.2, 0.25) is 0 Å². The zero-order chi connectivity index (χ0) is 16.1. The minimum atomic E-state index is 0.111. The number of fused-ring (bicyclic) bond motifs is 1. The lowest BCUT2D eigenvalue weighted by Gasteiger charge is -2.04. The van der Waals surface area contributed by atoms with Gasteiger partial charge in [0.15, 0.2) is 12.4 Å². The van der Waals surface area contributed by atoms with Gasteiger partial charge in [-0.05, 0) is 36.6 Å². The maximum Gasteiger partial charge on any atom is 0.171 e. The molecular weight excluding hydrogens is 288 g/mol. The van der Waals surface area contributed by atoms with Crippen molar-refractivity contribution < 1.29 is 5.11 Å². The van der Waals surface area contributed by atoms with Gasteiger partial charge in [-0.1, -0.05) is 42.0 Å². The fraction of sp³-hybridized carbons (Fsp3) is 0.111. The summed E-state index contributed by atoms with van der Waals surface area (Å²) in [6, 6.07) is 19.0. The molecule has 0 fully saturated rings. The van der Waals surface area contributed by atoms with Crippen LogP contribution in [0.15, 0.2) is 81.1 Å². The Morgan fingerprint density at radius 3 is 2.43 bits per heavy atom. The molecule has 1 N–H and O–H groups in total. The molecule has 3 aromatic rings. The largest absolute Gasteiger partial charge is 0.505 e. The molecule has 5 heteroatoms. The Morgan fingerprint density at radius 2 is 1.61 bits per heavy atom. The predicted octanol–water partition coefficient (Wildman–Crippen LogP) is 5.68. The van der Waals surface area contributed by atoms with Gasteiger partial charge in [0.2, 0.25) is 0 Å². The Kier molecular flexibility index (Phi) is 4.38. The van der Waals surface area contributed by atoms with E-state index < -0.39 is 0 Å². The van der Waals surface area contributed by atoms with Gasteiger partial charge in [0.05, 0.1) is 5.69 Å². The van der Waals surface area contributed by atoms with Crippen molar-refractivity contribution in [1.29, 1.82) is 0 Å². The molecule has 0 saturated heterocycles. The molecule has 0 atom stereocenters. The summed E-state index contributed by atoms with van der Waals surface area (Å²) in [5.41, 5.74) is 2.28. The summed E-state index contributed by atoms with van der Waals surface area (Å²) in [7, 11) is 0. The lowest BCUT2D eigenvalue weighted by Crippen LogP contribution is -1.78. The predicted molar refractivity (Wildman–Crippen MR) is 90.7 cm³/mol. The van der Waals surface area contributed by atoms with Crippen LogP contribution in [0.3, 0.4) is 0 Å². The lowest BCUT2D eigenvalue weighted by atomic mass is 10.1. The first kappa shape index (κ1) is 14.8. The first-order valence-electron chi connectivity index (χ1n) is 7.26. The van der Waals surface area contributed by atoms with Gasteiger partial charge < -0.3 is 5.11 Å². The van der Waals surface area contributed by atoms with Crippen LogP contribution >= 0.6 is 0 Å². The molecule has 0 aliphatic heterocycles. The van der Waals surface area contributed by atoms with Crippen molar-refractivity contribution in [2.45, 2.75) is 6.92 Å². The summed E-state index contributed by atoms with van der Waals surface area (Å²) < 4.78 is 0. The molecule has 114 valence electrons. The molecule has 0 amide bonds. The molecule has 0 aliphatic carbocycles. The fourth-order valence-corrected chi connectivity index (χ4v) is 2.23. The number of rotatable bonds is 4. The topological polar surface area (TPSA) is 69.7 Å². The van der Waals surface area contributed by atoms with Gasteiger partial charge >= 0.3 is 0 Å². The van der Waals surface area contributed by atoms with E-state index in [0.29, 0.717) is 5.69 Å². The number of benzene rings is 3. The van der Waals surface area contributed by atoms with Crippen molar-refractivity contribution in [3.05, 3.63) is 66.2 Å². The lowest BCUT2D eigenvalue weighted by molar-refractivity contribution is 0.482. The summed E-state index contributed by atoms with van der Waals surface area (Å²) in [6.07, 6.45) is 0. The smallest absolute Gasteiger partial charge is 0.171 e. The number of phenolic OH excluding ortho intramolecular Hbond substituents is 1. The summed E-state index contributed by atoms with van der Waals surface area (Å²) in [4.78, 5) is 0. The zero-order valence-electron chi connectivity index (χ0n) is 12.7. The standard InChI is InChI=1S/C18H16N4O/c1-13-7-8-14-9-10-17(18(23)16(14)11-13)22-20-12-19-21-15-5-3-2-4-6-15/h2-11,23H,12H2,1H3. The normalized spacial score (nSPS) is 11.7. The maximum atomic E-state index is 10.3. The molecule has 0 unspecified atom stereocenters. The van der Waals surface area contributed by atoms with Crippen molar-refractivity contribution >= 4 is 22.1 Å². The van der Waals surface area contributed by atoms with Crippen LogP contribution in [0.1, 0.15) is 5.56 Å². The van der Waals surface area contributed by atoms with Gasteiger partial charge in [0.25, 0.3) is 0 Å². The van der Waals surface area contributed by atoms with Crippen molar-refractivity contribution in [1.82, 2.24) is 0 Å². The SMILES string of the molecule is Cc1ccc2ccc(N=NCN=Nc3ccccc3)c(O)c2c1. The van der Waals surface area contributed by atoms with Crippen LogP contribution in [-0.2, 0) is 0 Å². The first-order chi connectivity index (χ1) is 11.2. The Hall–Kier alpha value is -3.08. The van der Waals surface area contributed by atoms with Gasteiger partial charge in [0, 0.05) is 5.39 Å². The number of phenols is 1. The van der Waals surface area contributed by atoms with Gasteiger partial charge in [0.1, 0.15) is 5.69 Å². The molecule has 0 spiro atoms. The minimum absolute atomic E-state index is 0.111. The van der Waals surface area contributed by atoms with Gasteiger partial charge in [-0.2, -0.15) is 20.5 Å². The van der Waals surface area contributed by atoms with Crippen LogP contribution in [0, 0.1) is 6.92 Å². The number of hydrogen-bond acceptors (Lipinski definition) is 5. The quantitative estimate of drug-likeness (QED) is 0.619. The average Bonchev–Trinajstić information content (AvgIpc) is 2.58. The molecular formula is C18H16N4O. The van der Waals surface area contributed by atoms with Crippen molar-refractivity contribution in [3.8, 4) is 5.75 Å². The van der Waals surface area contributed by atoms with E-state index in [1.165, 1.54) is 0 Å². The number of azo groups is 2. The van der Waals surface area contributed by atoms with Crippen molar-refractivity contribution in [2.24, 2.45) is 20.5 Å². The van der Waals surface area contributed by atoms with Crippen molar-refractivity contribution in [3.63, 3.8) is 0 Å². The Bertz CT molecular complexity index is 873. The van der Waals surface area contributed by atoms with E-state index in [2.05, 4.69) is 20.5 Å². The van der Waals surface area contributed by atoms with E-state index in [1.807, 2.05) is 61.5 Å². The monoisotopic (exact) mass is 304 g/mol. The fourth-order valence-electron chi connectivity index (χ4n) is 2.23. The van der Waals surface area contributed by atoms with Gasteiger partial charge in [-0.25, -0.2) is 0 Å². The number of hydrogen-bond donors (Lipinski definition) is 1. The summed E-state index contributed by atoms with van der Waals surface area (Å²) in [6.45, 7) is 2.09. The second-order valence-electron chi connectivity index (χ2n) is 5.12. The van der Waals surface area contributed by atoms with E-state index in [1.54, 1.807) is 6.07 Å². The number of aryl methyl sites for hydroxylation is 1. The van der Waals surface area contributed by atoms with Gasteiger partial charge in [-0.15, -0.1) is 0 Å². The third-order valence-corrected chi connectivity index (χ3v) is 3.37. The molecule has 23 heavy (non-hydrogen) atoms. The van der Waals surface area contributed by atoms with Crippen LogP contribution in [0.5, 0.6) is 5.75 Å². The van der Waals surface area contributed by atoms with Crippen LogP contribution in [0.25, 0.3) is 10.8 Å². The third-order valence-electron chi connectivity index (χ3n) is 3.37. The van der Waals surface area contributed by atoms with Gasteiger partial charge in [-0.3, -0.25) is 0 Å². The van der Waals surface area contributed by atoms with E-state index in [4.69, 9.17) is 0 Å². The highest BCUT2D eigenvalue weighted by Gasteiger charge is 2.05. The molecule has 0 saturated carbocycles. The molecule has 3 rings (SSSR count). The molecule has 0 bridgehead atoms. The average molecular weight is 304 g/mol. The minimum Gasteiger partial charge on any atom is -0.505 e. The molecule has 0 aliphatic rings. The summed E-state index contributed by atoms with van der Waals surface area (Å²) in [5.74, 6) is 0.134. The molecule has 0 radical (unpaired) electrons. The highest BCUT2D eigenvalue weighted by atomic mass is 16.3. The van der Waals surface area contributed by atoms with E-state index in [0.717, 1.165) is 22.0 Å². The third kappa shape index (κ3) is 3.58. The van der Waals surface area contributed by atoms with Crippen molar-refractivity contribution in [2.75, 3.05) is 6.67 Å². The maximum absolute atomic E-state index is 10.3. The van der Waals surface area contributed by atoms with Crippen LogP contribution < -0.4 is 0 Å². The highest BCUT2D eigenvalue weighted by Crippen LogP contribution is 2.35. The van der Waals surface area contributed by atoms with E-state index in [-0.39, 0.29) is 12.4 Å². The second-order valence-corrected chi connectivity index (χ2v) is 5.12. The second kappa shape index (κ2) is 6.79. The molecule has 5 nitrogen and oxygen atoms in total. The first-order valence-corrected chi connectivity index (χ1v) is 7.26.